The highest BCUT2D eigenvalue weighted by Gasteiger charge is 2.21. The standard InChI is InChI=1S/C9H18N2O3/c10-9(13)6-14-11-7-4-2-1-3-5-8(7)12/h7-8,11-12H,1-6H2,(H2,10,13). The Kier molecular flexibility index (Phi) is 4.86. The van der Waals surface area contributed by atoms with Crippen molar-refractivity contribution in [2.75, 3.05) is 6.61 Å². The van der Waals surface area contributed by atoms with Crippen molar-refractivity contribution in [3.05, 3.63) is 0 Å². The van der Waals surface area contributed by atoms with E-state index in [1.807, 2.05) is 0 Å². The maximum absolute atomic E-state index is 10.4. The number of rotatable bonds is 4. The lowest BCUT2D eigenvalue weighted by atomic mass is 10.1. The highest BCUT2D eigenvalue weighted by atomic mass is 16.6. The molecule has 0 aromatic heterocycles. The van der Waals surface area contributed by atoms with Gasteiger partial charge in [0.05, 0.1) is 12.1 Å². The lowest BCUT2D eigenvalue weighted by molar-refractivity contribution is -0.127. The van der Waals surface area contributed by atoms with Crippen LogP contribution in [0.1, 0.15) is 32.1 Å². The molecule has 0 saturated heterocycles. The van der Waals surface area contributed by atoms with Crippen molar-refractivity contribution in [1.29, 1.82) is 0 Å². The monoisotopic (exact) mass is 202 g/mol. The number of nitrogens with two attached hydrogens (primary N) is 1. The van der Waals surface area contributed by atoms with Crippen LogP contribution in [0.5, 0.6) is 0 Å². The molecule has 1 aliphatic rings. The number of hydrogen-bond acceptors (Lipinski definition) is 4. The van der Waals surface area contributed by atoms with Crippen LogP contribution >= 0.6 is 0 Å². The number of hydroxylamine groups is 1. The molecule has 1 aliphatic carbocycles. The number of carbonyl (C=O) groups excluding carboxylic acids is 1. The minimum Gasteiger partial charge on any atom is -0.391 e. The predicted molar refractivity (Wildman–Crippen MR) is 51.2 cm³/mol. The molecule has 5 heteroatoms. The van der Waals surface area contributed by atoms with E-state index < -0.39 is 5.91 Å². The molecule has 0 heterocycles. The zero-order valence-electron chi connectivity index (χ0n) is 8.24. The molecule has 0 radical (unpaired) electrons. The number of hydrogen-bond donors (Lipinski definition) is 3. The van der Waals surface area contributed by atoms with E-state index in [-0.39, 0.29) is 18.8 Å². The van der Waals surface area contributed by atoms with Crippen molar-refractivity contribution in [1.82, 2.24) is 5.48 Å². The zero-order valence-corrected chi connectivity index (χ0v) is 8.24. The minimum atomic E-state index is -0.513. The van der Waals surface area contributed by atoms with Crippen LogP contribution in [-0.4, -0.2) is 29.8 Å². The first kappa shape index (κ1) is 11.4. The first-order valence-electron chi connectivity index (χ1n) is 5.04. The predicted octanol–water partition coefficient (Wildman–Crippen LogP) is -0.314. The summed E-state index contributed by atoms with van der Waals surface area (Å²) in [6.07, 6.45) is 4.55. The molecule has 1 rings (SSSR count). The molecule has 1 fully saturated rings. The molecule has 2 atom stereocenters. The normalized spacial score (nSPS) is 28.4. The first-order chi connectivity index (χ1) is 6.70. The maximum Gasteiger partial charge on any atom is 0.245 e. The Balaban J connectivity index is 2.22. The van der Waals surface area contributed by atoms with Crippen molar-refractivity contribution in [3.8, 4) is 0 Å². The van der Waals surface area contributed by atoms with Crippen molar-refractivity contribution in [2.24, 2.45) is 5.73 Å². The maximum atomic E-state index is 10.4. The van der Waals surface area contributed by atoms with Crippen LogP contribution in [0.3, 0.4) is 0 Å². The summed E-state index contributed by atoms with van der Waals surface area (Å²) in [4.78, 5) is 15.3. The van der Waals surface area contributed by atoms with Gasteiger partial charge in [-0.2, -0.15) is 5.48 Å². The van der Waals surface area contributed by atoms with E-state index >= 15 is 0 Å². The fraction of sp³-hybridized carbons (Fsp3) is 0.889. The SMILES string of the molecule is NC(=O)CONC1CCCCCC1O. The Morgan fingerprint density at radius 1 is 1.43 bits per heavy atom. The number of primary amides is 1. The summed E-state index contributed by atoms with van der Waals surface area (Å²) >= 11 is 0. The summed E-state index contributed by atoms with van der Waals surface area (Å²) in [6.45, 7) is -0.150. The van der Waals surface area contributed by atoms with Crippen molar-refractivity contribution >= 4 is 5.91 Å². The summed E-state index contributed by atoms with van der Waals surface area (Å²) in [5.41, 5.74) is 7.60. The average molecular weight is 202 g/mol. The van der Waals surface area contributed by atoms with Gasteiger partial charge < -0.3 is 10.8 Å². The molecular weight excluding hydrogens is 184 g/mol. The summed E-state index contributed by atoms with van der Waals surface area (Å²) < 4.78 is 0. The van der Waals surface area contributed by atoms with E-state index in [9.17, 15) is 9.90 Å². The van der Waals surface area contributed by atoms with Crippen molar-refractivity contribution in [3.63, 3.8) is 0 Å². The van der Waals surface area contributed by atoms with Gasteiger partial charge in [0.15, 0.2) is 0 Å². The summed E-state index contributed by atoms with van der Waals surface area (Å²) in [5, 5.41) is 9.66. The minimum absolute atomic E-state index is 0.0724. The highest BCUT2D eigenvalue weighted by Crippen LogP contribution is 2.17. The summed E-state index contributed by atoms with van der Waals surface area (Å²) in [5.74, 6) is -0.513. The fourth-order valence-electron chi connectivity index (χ4n) is 1.65. The highest BCUT2D eigenvalue weighted by molar-refractivity contribution is 5.74. The number of carbonyl (C=O) groups is 1. The second kappa shape index (κ2) is 5.95. The topological polar surface area (TPSA) is 84.6 Å². The molecule has 5 nitrogen and oxygen atoms in total. The van der Waals surface area contributed by atoms with Gasteiger partial charge in [-0.1, -0.05) is 19.3 Å². The summed E-state index contributed by atoms with van der Waals surface area (Å²) in [6, 6.07) is -0.0724. The smallest absolute Gasteiger partial charge is 0.245 e. The molecule has 4 N–H and O–H groups in total. The van der Waals surface area contributed by atoms with Gasteiger partial charge in [-0.05, 0) is 12.8 Å². The van der Waals surface area contributed by atoms with Gasteiger partial charge in [0.25, 0.3) is 0 Å². The average Bonchev–Trinajstić information content (AvgIpc) is 2.31. The molecule has 14 heavy (non-hydrogen) atoms. The Hall–Kier alpha value is -0.650. The van der Waals surface area contributed by atoms with E-state index in [1.54, 1.807) is 0 Å². The van der Waals surface area contributed by atoms with Crippen molar-refractivity contribution in [2.45, 2.75) is 44.2 Å². The van der Waals surface area contributed by atoms with E-state index in [0.29, 0.717) is 0 Å². The fourth-order valence-corrected chi connectivity index (χ4v) is 1.65. The van der Waals surface area contributed by atoms with Gasteiger partial charge in [-0.25, -0.2) is 0 Å². The zero-order chi connectivity index (χ0) is 10.4. The molecule has 2 unspecified atom stereocenters. The Labute approximate surface area is 83.6 Å². The van der Waals surface area contributed by atoms with Gasteiger partial charge >= 0.3 is 0 Å². The van der Waals surface area contributed by atoms with E-state index in [2.05, 4.69) is 5.48 Å². The molecular formula is C9H18N2O3. The Bertz CT molecular complexity index is 187. The first-order valence-corrected chi connectivity index (χ1v) is 5.04. The van der Waals surface area contributed by atoms with E-state index in [0.717, 1.165) is 32.1 Å². The number of aliphatic hydroxyl groups is 1. The number of aliphatic hydroxyl groups excluding tert-OH is 1. The van der Waals surface area contributed by atoms with Crippen LogP contribution in [-0.2, 0) is 9.63 Å². The van der Waals surface area contributed by atoms with Crippen LogP contribution in [0.2, 0.25) is 0 Å². The molecule has 82 valence electrons. The van der Waals surface area contributed by atoms with Crippen LogP contribution in [0.4, 0.5) is 0 Å². The summed E-state index contributed by atoms with van der Waals surface area (Å²) in [7, 11) is 0. The third kappa shape index (κ3) is 4.04. The number of amides is 1. The van der Waals surface area contributed by atoms with Crippen molar-refractivity contribution < 1.29 is 14.7 Å². The largest absolute Gasteiger partial charge is 0.391 e. The Morgan fingerprint density at radius 3 is 2.86 bits per heavy atom. The second-order valence-electron chi connectivity index (χ2n) is 3.68. The second-order valence-corrected chi connectivity index (χ2v) is 3.68. The lowest BCUT2D eigenvalue weighted by Crippen LogP contribution is -2.40. The van der Waals surface area contributed by atoms with Gasteiger partial charge in [-0.15, -0.1) is 0 Å². The molecule has 1 saturated carbocycles. The Morgan fingerprint density at radius 2 is 2.14 bits per heavy atom. The van der Waals surface area contributed by atoms with E-state index in [4.69, 9.17) is 10.6 Å². The third-order valence-electron chi connectivity index (χ3n) is 2.43. The van der Waals surface area contributed by atoms with Gasteiger partial charge in [0.1, 0.15) is 6.61 Å². The quantitative estimate of drug-likeness (QED) is 0.431. The van der Waals surface area contributed by atoms with Gasteiger partial charge in [0.2, 0.25) is 5.91 Å². The molecule has 0 spiro atoms. The molecule has 0 bridgehead atoms. The number of nitrogens with one attached hydrogen (secondary N) is 1. The van der Waals surface area contributed by atoms with Gasteiger partial charge in [0, 0.05) is 0 Å². The molecule has 0 aromatic rings. The lowest BCUT2D eigenvalue weighted by Gasteiger charge is -2.20. The molecule has 0 aromatic carbocycles. The molecule has 1 amide bonds. The third-order valence-corrected chi connectivity index (χ3v) is 2.43. The van der Waals surface area contributed by atoms with Crippen LogP contribution < -0.4 is 11.2 Å². The van der Waals surface area contributed by atoms with Crippen LogP contribution in [0.15, 0.2) is 0 Å². The molecule has 0 aliphatic heterocycles. The van der Waals surface area contributed by atoms with Gasteiger partial charge in [-0.3, -0.25) is 9.63 Å². The van der Waals surface area contributed by atoms with Crippen LogP contribution in [0.25, 0.3) is 0 Å². The van der Waals surface area contributed by atoms with E-state index in [1.165, 1.54) is 0 Å². The van der Waals surface area contributed by atoms with Crippen LogP contribution in [0, 0.1) is 0 Å².